The van der Waals surface area contributed by atoms with E-state index in [-0.39, 0.29) is 10.8 Å². The van der Waals surface area contributed by atoms with Crippen LogP contribution < -0.4 is 10.6 Å². The Morgan fingerprint density at radius 2 is 1.85 bits per heavy atom. The second-order valence-corrected chi connectivity index (χ2v) is 8.79. The van der Waals surface area contributed by atoms with Crippen molar-refractivity contribution < 1.29 is 13.2 Å². The summed E-state index contributed by atoms with van der Waals surface area (Å²) in [5.41, 5.74) is 0.491. The maximum Gasteiger partial charge on any atom is 0.251 e. The molecule has 1 unspecified atom stereocenters. The Hall–Kier alpha value is -1.44. The molecule has 0 aromatic heterocycles. The number of hydrogen-bond acceptors (Lipinski definition) is 4. The second-order valence-electron chi connectivity index (χ2n) is 6.85. The third-order valence-corrected chi connectivity index (χ3v) is 6.56. The SMILES string of the molecule is CCCN(CCC)S(=O)(=O)c1ccc(C(=O)NCC2CCCNC2)cc1. The van der Waals surface area contributed by atoms with Crippen molar-refractivity contribution in [2.45, 2.75) is 44.4 Å². The molecule has 0 spiro atoms. The zero-order valence-corrected chi connectivity index (χ0v) is 16.6. The highest BCUT2D eigenvalue weighted by molar-refractivity contribution is 7.89. The maximum atomic E-state index is 12.7. The number of rotatable bonds is 9. The second kappa shape index (κ2) is 10.0. The highest BCUT2D eigenvalue weighted by Gasteiger charge is 2.23. The number of benzene rings is 1. The van der Waals surface area contributed by atoms with Crippen LogP contribution in [0.5, 0.6) is 0 Å². The Labute approximate surface area is 157 Å². The number of hydrogen-bond donors (Lipinski definition) is 2. The van der Waals surface area contributed by atoms with Gasteiger partial charge in [-0.3, -0.25) is 4.79 Å². The van der Waals surface area contributed by atoms with Gasteiger partial charge in [0.2, 0.25) is 10.0 Å². The van der Waals surface area contributed by atoms with Gasteiger partial charge in [0.1, 0.15) is 0 Å². The number of nitrogens with one attached hydrogen (secondary N) is 2. The molecule has 1 aliphatic heterocycles. The van der Waals surface area contributed by atoms with Crippen molar-refractivity contribution >= 4 is 15.9 Å². The fourth-order valence-corrected chi connectivity index (χ4v) is 4.84. The molecule has 6 nitrogen and oxygen atoms in total. The standard InChI is InChI=1S/C19H31N3O3S/c1-3-12-22(13-4-2)26(24,25)18-9-7-17(8-10-18)19(23)21-15-16-6-5-11-20-14-16/h7-10,16,20H,3-6,11-15H2,1-2H3,(H,21,23). The summed E-state index contributed by atoms with van der Waals surface area (Å²) >= 11 is 0. The van der Waals surface area contributed by atoms with E-state index in [0.29, 0.717) is 31.1 Å². The molecule has 2 N–H and O–H groups in total. The highest BCUT2D eigenvalue weighted by Crippen LogP contribution is 2.17. The largest absolute Gasteiger partial charge is 0.352 e. The maximum absolute atomic E-state index is 12.7. The van der Waals surface area contributed by atoms with Gasteiger partial charge in [0.25, 0.3) is 5.91 Å². The fraction of sp³-hybridized carbons (Fsp3) is 0.632. The lowest BCUT2D eigenvalue weighted by Gasteiger charge is -2.23. The molecule has 1 aromatic carbocycles. The molecular formula is C19H31N3O3S. The normalized spacial score (nSPS) is 18.0. The molecule has 1 saturated heterocycles. The topological polar surface area (TPSA) is 78.5 Å². The summed E-state index contributed by atoms with van der Waals surface area (Å²) in [6.07, 6.45) is 3.81. The molecule has 2 rings (SSSR count). The summed E-state index contributed by atoms with van der Waals surface area (Å²) in [5, 5.41) is 6.28. The molecule has 0 bridgehead atoms. The molecule has 7 heteroatoms. The zero-order valence-electron chi connectivity index (χ0n) is 15.8. The first-order valence-corrected chi connectivity index (χ1v) is 11.0. The molecule has 1 heterocycles. The van der Waals surface area contributed by atoms with Gasteiger partial charge in [-0.15, -0.1) is 0 Å². The first-order valence-electron chi connectivity index (χ1n) is 9.58. The third kappa shape index (κ3) is 5.53. The van der Waals surface area contributed by atoms with Gasteiger partial charge in [0, 0.05) is 25.2 Å². The Bertz CT molecular complexity index is 662. The number of carbonyl (C=O) groups excluding carboxylic acids is 1. The van der Waals surface area contributed by atoms with Crippen molar-refractivity contribution in [3.8, 4) is 0 Å². The molecule has 1 aromatic rings. The van der Waals surface area contributed by atoms with Crippen molar-refractivity contribution in [3.05, 3.63) is 29.8 Å². The van der Waals surface area contributed by atoms with Gasteiger partial charge in [-0.05, 0) is 69.0 Å². The summed E-state index contributed by atoms with van der Waals surface area (Å²) in [7, 11) is -3.50. The zero-order chi connectivity index (χ0) is 19.0. The number of nitrogens with zero attached hydrogens (tertiary/aromatic N) is 1. The van der Waals surface area contributed by atoms with Crippen LogP contribution in [0.1, 0.15) is 49.9 Å². The number of amides is 1. The smallest absolute Gasteiger partial charge is 0.251 e. The van der Waals surface area contributed by atoms with Crippen LogP contribution in [0, 0.1) is 5.92 Å². The number of sulfonamides is 1. The Morgan fingerprint density at radius 1 is 1.19 bits per heavy atom. The van der Waals surface area contributed by atoms with Crippen molar-refractivity contribution in [1.82, 2.24) is 14.9 Å². The van der Waals surface area contributed by atoms with Crippen LogP contribution in [-0.2, 0) is 10.0 Å². The quantitative estimate of drug-likeness (QED) is 0.688. The molecule has 1 atom stereocenters. The van der Waals surface area contributed by atoms with Crippen LogP contribution in [0.4, 0.5) is 0 Å². The molecular weight excluding hydrogens is 350 g/mol. The predicted molar refractivity (Wildman–Crippen MR) is 104 cm³/mol. The predicted octanol–water partition coefficient (Wildman–Crippen LogP) is 2.23. The van der Waals surface area contributed by atoms with E-state index in [1.807, 2.05) is 13.8 Å². The van der Waals surface area contributed by atoms with Gasteiger partial charge in [-0.1, -0.05) is 13.8 Å². The Kier molecular flexibility index (Phi) is 8.06. The molecule has 146 valence electrons. The number of piperidine rings is 1. The first-order chi connectivity index (χ1) is 12.5. The van der Waals surface area contributed by atoms with Crippen molar-refractivity contribution in [1.29, 1.82) is 0 Å². The summed E-state index contributed by atoms with van der Waals surface area (Å²) in [6, 6.07) is 6.25. The molecule has 1 aliphatic rings. The Balaban J connectivity index is 2.00. The van der Waals surface area contributed by atoms with E-state index in [9.17, 15) is 13.2 Å². The number of carbonyl (C=O) groups is 1. The van der Waals surface area contributed by atoms with E-state index in [0.717, 1.165) is 38.8 Å². The van der Waals surface area contributed by atoms with Gasteiger partial charge >= 0.3 is 0 Å². The minimum Gasteiger partial charge on any atom is -0.352 e. The third-order valence-electron chi connectivity index (χ3n) is 4.65. The van der Waals surface area contributed by atoms with Gasteiger partial charge in [-0.2, -0.15) is 4.31 Å². The van der Waals surface area contributed by atoms with Gasteiger partial charge < -0.3 is 10.6 Å². The summed E-state index contributed by atoms with van der Waals surface area (Å²) in [4.78, 5) is 12.5. The van der Waals surface area contributed by atoms with E-state index in [1.54, 1.807) is 12.1 Å². The molecule has 0 aliphatic carbocycles. The van der Waals surface area contributed by atoms with Crippen LogP contribution in [-0.4, -0.2) is 51.4 Å². The average molecular weight is 382 g/mol. The molecule has 1 fully saturated rings. The van der Waals surface area contributed by atoms with E-state index >= 15 is 0 Å². The minimum atomic E-state index is -3.50. The lowest BCUT2D eigenvalue weighted by atomic mass is 10.00. The monoisotopic (exact) mass is 381 g/mol. The van der Waals surface area contributed by atoms with Crippen LogP contribution >= 0.6 is 0 Å². The Morgan fingerprint density at radius 3 is 2.38 bits per heavy atom. The van der Waals surface area contributed by atoms with E-state index in [4.69, 9.17) is 0 Å². The minimum absolute atomic E-state index is 0.154. The van der Waals surface area contributed by atoms with E-state index in [2.05, 4.69) is 10.6 Å². The molecule has 1 amide bonds. The van der Waals surface area contributed by atoms with Crippen molar-refractivity contribution in [3.63, 3.8) is 0 Å². The molecule has 0 radical (unpaired) electrons. The van der Waals surface area contributed by atoms with Crippen LogP contribution in [0.2, 0.25) is 0 Å². The van der Waals surface area contributed by atoms with Gasteiger partial charge in [0.15, 0.2) is 0 Å². The lowest BCUT2D eigenvalue weighted by Crippen LogP contribution is -2.38. The summed E-state index contributed by atoms with van der Waals surface area (Å²) in [6.45, 7) is 7.57. The van der Waals surface area contributed by atoms with Crippen molar-refractivity contribution in [2.75, 3.05) is 32.7 Å². The van der Waals surface area contributed by atoms with Crippen LogP contribution in [0.25, 0.3) is 0 Å². The van der Waals surface area contributed by atoms with Gasteiger partial charge in [-0.25, -0.2) is 8.42 Å². The van der Waals surface area contributed by atoms with Crippen LogP contribution in [0.15, 0.2) is 29.2 Å². The summed E-state index contributed by atoms with van der Waals surface area (Å²) in [5.74, 6) is 0.308. The molecule has 26 heavy (non-hydrogen) atoms. The molecule has 0 saturated carbocycles. The van der Waals surface area contributed by atoms with Gasteiger partial charge in [0.05, 0.1) is 4.90 Å². The van der Waals surface area contributed by atoms with E-state index < -0.39 is 10.0 Å². The fourth-order valence-electron chi connectivity index (χ4n) is 3.22. The average Bonchev–Trinajstić information content (AvgIpc) is 2.67. The van der Waals surface area contributed by atoms with E-state index in [1.165, 1.54) is 16.4 Å². The highest BCUT2D eigenvalue weighted by atomic mass is 32.2. The first kappa shape index (κ1) is 20.9. The summed E-state index contributed by atoms with van der Waals surface area (Å²) < 4.78 is 27.0. The van der Waals surface area contributed by atoms with Crippen molar-refractivity contribution in [2.24, 2.45) is 5.92 Å². The van der Waals surface area contributed by atoms with Crippen LogP contribution in [0.3, 0.4) is 0 Å². The lowest BCUT2D eigenvalue weighted by molar-refractivity contribution is 0.0944.